The van der Waals surface area contributed by atoms with Gasteiger partial charge in [-0.1, -0.05) is 146 Å². The third kappa shape index (κ3) is 5.43. The molecule has 11 aromatic rings. The van der Waals surface area contributed by atoms with Crippen LogP contribution >= 0.6 is 22.7 Å². The Hall–Kier alpha value is -6.52. The molecule has 258 valence electrons. The summed E-state index contributed by atoms with van der Waals surface area (Å²) in [4.78, 5) is 2.47. The van der Waals surface area contributed by atoms with Crippen LogP contribution < -0.4 is 4.90 Å². The zero-order chi connectivity index (χ0) is 36.3. The number of fused-ring (bicyclic) bond motifs is 7. The lowest BCUT2D eigenvalue weighted by molar-refractivity contribution is 1.30. The summed E-state index contributed by atoms with van der Waals surface area (Å²) in [6.07, 6.45) is 0. The lowest BCUT2D eigenvalue weighted by Crippen LogP contribution is -2.10. The first-order valence-electron chi connectivity index (χ1n) is 18.7. The minimum Gasteiger partial charge on any atom is -0.310 e. The summed E-state index contributed by atoms with van der Waals surface area (Å²) < 4.78 is 5.21. The molecule has 55 heavy (non-hydrogen) atoms. The number of hydrogen-bond acceptors (Lipinski definition) is 3. The van der Waals surface area contributed by atoms with Crippen LogP contribution in [-0.2, 0) is 0 Å². The Balaban J connectivity index is 1.15. The molecule has 0 aliphatic carbocycles. The smallest absolute Gasteiger partial charge is 0.0554 e. The molecule has 0 aliphatic heterocycles. The van der Waals surface area contributed by atoms with Crippen LogP contribution in [0.15, 0.2) is 200 Å². The third-order valence-electron chi connectivity index (χ3n) is 10.9. The van der Waals surface area contributed by atoms with Crippen LogP contribution in [-0.4, -0.2) is 0 Å². The molecule has 9 aromatic carbocycles. The second kappa shape index (κ2) is 13.1. The van der Waals surface area contributed by atoms with Crippen LogP contribution in [0, 0.1) is 0 Å². The van der Waals surface area contributed by atoms with Gasteiger partial charge in [0.15, 0.2) is 0 Å². The van der Waals surface area contributed by atoms with Gasteiger partial charge in [0.1, 0.15) is 0 Å². The lowest BCUT2D eigenvalue weighted by Gasteiger charge is -2.28. The summed E-state index contributed by atoms with van der Waals surface area (Å²) in [5, 5.41) is 7.69. The van der Waals surface area contributed by atoms with E-state index in [1.807, 2.05) is 22.7 Å². The van der Waals surface area contributed by atoms with Crippen LogP contribution in [0.3, 0.4) is 0 Å². The van der Waals surface area contributed by atoms with E-state index in [1.165, 1.54) is 90.2 Å². The van der Waals surface area contributed by atoms with E-state index < -0.39 is 0 Å². The Kier molecular flexibility index (Phi) is 7.61. The monoisotopic (exact) mass is 735 g/mol. The predicted molar refractivity (Wildman–Crippen MR) is 241 cm³/mol. The second-order valence-corrected chi connectivity index (χ2v) is 16.2. The molecule has 0 aliphatic rings. The van der Waals surface area contributed by atoms with Gasteiger partial charge in [0.25, 0.3) is 0 Å². The van der Waals surface area contributed by atoms with Crippen LogP contribution in [0.5, 0.6) is 0 Å². The highest BCUT2D eigenvalue weighted by Crippen LogP contribution is 2.48. The van der Waals surface area contributed by atoms with Crippen molar-refractivity contribution >= 4 is 90.9 Å². The highest BCUT2D eigenvalue weighted by Gasteiger charge is 2.21. The number of benzene rings is 9. The summed E-state index contributed by atoms with van der Waals surface area (Å²) in [7, 11) is 0. The van der Waals surface area contributed by atoms with Gasteiger partial charge in [-0.25, -0.2) is 0 Å². The van der Waals surface area contributed by atoms with Gasteiger partial charge in [-0.2, -0.15) is 0 Å². The predicted octanol–water partition coefficient (Wildman–Crippen LogP) is 16.0. The largest absolute Gasteiger partial charge is 0.310 e. The molecule has 1 nitrogen and oxygen atoms in total. The zero-order valence-corrected chi connectivity index (χ0v) is 31.4. The first-order valence-corrected chi connectivity index (χ1v) is 20.3. The molecule has 2 aromatic heterocycles. The standard InChI is InChI=1S/C52H33NS2/c1-2-13-36(14-3-1)41-31-30-40(33-46(41)44-19-10-18-43-42-16-6-8-21-48(42)55-52(43)44)53(47-20-11-23-50-51(47)45-17-7-9-22-49(45)54-50)39-28-26-35(27-29-39)38-25-24-34-12-4-5-15-37(34)32-38/h1-33H. The van der Waals surface area contributed by atoms with Crippen LogP contribution in [0.4, 0.5) is 17.1 Å². The molecule has 0 atom stereocenters. The van der Waals surface area contributed by atoms with Crippen molar-refractivity contribution in [3.8, 4) is 33.4 Å². The summed E-state index contributed by atoms with van der Waals surface area (Å²) in [5.74, 6) is 0. The first kappa shape index (κ1) is 32.0. The molecule has 0 unspecified atom stereocenters. The molecule has 0 spiro atoms. The summed E-state index contributed by atoms with van der Waals surface area (Å²) in [5.41, 5.74) is 10.7. The maximum atomic E-state index is 2.47. The van der Waals surface area contributed by atoms with E-state index >= 15 is 0 Å². The van der Waals surface area contributed by atoms with Crippen LogP contribution in [0.1, 0.15) is 0 Å². The quantitative estimate of drug-likeness (QED) is 0.164. The summed E-state index contributed by atoms with van der Waals surface area (Å²) >= 11 is 3.75. The van der Waals surface area contributed by atoms with Crippen LogP contribution in [0.2, 0.25) is 0 Å². The number of rotatable bonds is 6. The van der Waals surface area contributed by atoms with Crippen molar-refractivity contribution in [3.05, 3.63) is 200 Å². The molecule has 0 N–H and O–H groups in total. The molecule has 0 amide bonds. The number of hydrogen-bond donors (Lipinski definition) is 0. The highest BCUT2D eigenvalue weighted by atomic mass is 32.1. The topological polar surface area (TPSA) is 3.24 Å². The van der Waals surface area contributed by atoms with Gasteiger partial charge in [-0.3, -0.25) is 0 Å². The van der Waals surface area contributed by atoms with Crippen molar-refractivity contribution in [2.45, 2.75) is 0 Å². The van der Waals surface area contributed by atoms with Crippen molar-refractivity contribution in [2.75, 3.05) is 4.90 Å². The fourth-order valence-corrected chi connectivity index (χ4v) is 10.6. The van der Waals surface area contributed by atoms with Gasteiger partial charge in [0.05, 0.1) is 5.69 Å². The van der Waals surface area contributed by atoms with Gasteiger partial charge < -0.3 is 4.90 Å². The lowest BCUT2D eigenvalue weighted by atomic mass is 9.92. The SMILES string of the molecule is c1ccc(-c2ccc(N(c3ccc(-c4ccc5ccccc5c4)cc3)c3cccc4sc5ccccc5c34)cc2-c2cccc3c2sc2ccccc23)cc1. The molecular formula is C52H33NS2. The zero-order valence-electron chi connectivity index (χ0n) is 29.8. The van der Waals surface area contributed by atoms with Crippen molar-refractivity contribution in [1.29, 1.82) is 0 Å². The van der Waals surface area contributed by atoms with Crippen LogP contribution in [0.25, 0.3) is 84.5 Å². The van der Waals surface area contributed by atoms with E-state index in [4.69, 9.17) is 0 Å². The molecule has 0 fully saturated rings. The summed E-state index contributed by atoms with van der Waals surface area (Å²) in [6.45, 7) is 0. The number of nitrogens with zero attached hydrogens (tertiary/aromatic N) is 1. The van der Waals surface area contributed by atoms with E-state index in [2.05, 4.69) is 205 Å². The van der Waals surface area contributed by atoms with E-state index in [0.717, 1.165) is 11.4 Å². The molecular weight excluding hydrogens is 703 g/mol. The molecule has 11 rings (SSSR count). The van der Waals surface area contributed by atoms with E-state index in [0.29, 0.717) is 0 Å². The fraction of sp³-hybridized carbons (Fsp3) is 0. The highest BCUT2D eigenvalue weighted by molar-refractivity contribution is 7.26. The molecule has 2 heterocycles. The molecule has 3 heteroatoms. The Bertz CT molecular complexity index is 3210. The normalized spacial score (nSPS) is 11.6. The first-order chi connectivity index (χ1) is 27.3. The van der Waals surface area contributed by atoms with Gasteiger partial charge in [-0.15, -0.1) is 22.7 Å². The van der Waals surface area contributed by atoms with E-state index in [9.17, 15) is 0 Å². The maximum Gasteiger partial charge on any atom is 0.0554 e. The second-order valence-electron chi connectivity index (χ2n) is 14.1. The number of anilines is 3. The van der Waals surface area contributed by atoms with Crippen molar-refractivity contribution in [3.63, 3.8) is 0 Å². The average Bonchev–Trinajstić information content (AvgIpc) is 3.83. The van der Waals surface area contributed by atoms with Gasteiger partial charge in [0, 0.05) is 57.3 Å². The Morgan fingerprint density at radius 1 is 0.327 bits per heavy atom. The summed E-state index contributed by atoms with van der Waals surface area (Å²) in [6, 6.07) is 73.5. The fourth-order valence-electron chi connectivity index (χ4n) is 8.26. The number of thiophene rings is 2. The van der Waals surface area contributed by atoms with Crippen molar-refractivity contribution in [2.24, 2.45) is 0 Å². The van der Waals surface area contributed by atoms with Crippen molar-refractivity contribution in [1.82, 2.24) is 0 Å². The third-order valence-corrected chi connectivity index (χ3v) is 13.2. The van der Waals surface area contributed by atoms with Crippen molar-refractivity contribution < 1.29 is 0 Å². The van der Waals surface area contributed by atoms with Gasteiger partial charge in [0.2, 0.25) is 0 Å². The minimum absolute atomic E-state index is 1.12. The Labute approximate surface area is 327 Å². The van der Waals surface area contributed by atoms with Gasteiger partial charge >= 0.3 is 0 Å². The van der Waals surface area contributed by atoms with E-state index in [1.54, 1.807) is 0 Å². The van der Waals surface area contributed by atoms with Gasteiger partial charge in [-0.05, 0) is 93.2 Å². The Morgan fingerprint density at radius 3 is 1.84 bits per heavy atom. The average molecular weight is 736 g/mol. The molecule has 0 bridgehead atoms. The minimum atomic E-state index is 1.12. The maximum absolute atomic E-state index is 2.47. The van der Waals surface area contributed by atoms with E-state index in [-0.39, 0.29) is 0 Å². The molecule has 0 radical (unpaired) electrons. The molecule has 0 saturated carbocycles. The molecule has 0 saturated heterocycles. The Morgan fingerprint density at radius 2 is 0.982 bits per heavy atom.